The average Bonchev–Trinajstić information content (AvgIpc) is 3.19. The third-order valence-corrected chi connectivity index (χ3v) is 5.74. The Morgan fingerprint density at radius 3 is 2.48 bits per heavy atom. The molecule has 3 rings (SSSR count). The fourth-order valence-corrected chi connectivity index (χ4v) is 3.79. The first kappa shape index (κ1) is 24.5. The Labute approximate surface area is 195 Å². The van der Waals surface area contributed by atoms with Crippen LogP contribution >= 0.6 is 11.6 Å². The number of halogens is 1. The van der Waals surface area contributed by atoms with E-state index in [4.69, 9.17) is 16.3 Å². The number of H-pyrrole nitrogens is 1. The third-order valence-electron chi connectivity index (χ3n) is 4.47. The summed E-state index contributed by atoms with van der Waals surface area (Å²) >= 11 is 6.50. The van der Waals surface area contributed by atoms with Gasteiger partial charge in [0.25, 0.3) is 0 Å². The first-order valence-electron chi connectivity index (χ1n) is 9.93. The Bertz CT molecular complexity index is 1320. The van der Waals surface area contributed by atoms with E-state index >= 15 is 0 Å². The Kier molecular flexibility index (Phi) is 6.70. The lowest BCUT2D eigenvalue weighted by Gasteiger charge is -2.15. The van der Waals surface area contributed by atoms with Crippen LogP contribution in [0, 0.1) is 0 Å². The van der Waals surface area contributed by atoms with Gasteiger partial charge in [0.05, 0.1) is 17.1 Å². The molecule has 0 atom stereocenters. The summed E-state index contributed by atoms with van der Waals surface area (Å²) in [4.78, 5) is 26.8. The van der Waals surface area contributed by atoms with E-state index in [9.17, 15) is 18.0 Å². The zero-order valence-corrected chi connectivity index (χ0v) is 20.4. The second-order valence-electron chi connectivity index (χ2n) is 8.56. The van der Waals surface area contributed by atoms with Gasteiger partial charge in [-0.05, 0) is 18.2 Å². The number of benzene rings is 1. The summed E-state index contributed by atoms with van der Waals surface area (Å²) in [5.74, 6) is -0.199. The molecule has 0 spiro atoms. The van der Waals surface area contributed by atoms with E-state index in [-0.39, 0.29) is 23.7 Å². The lowest BCUT2D eigenvalue weighted by molar-refractivity contribution is -0.114. The lowest BCUT2D eigenvalue weighted by atomic mass is 9.92. The van der Waals surface area contributed by atoms with Crippen LogP contribution in [0.25, 0.3) is 17.0 Å². The van der Waals surface area contributed by atoms with Crippen LogP contribution in [0.5, 0.6) is 0 Å². The highest BCUT2D eigenvalue weighted by Gasteiger charge is 2.25. The van der Waals surface area contributed by atoms with E-state index in [2.05, 4.69) is 25.8 Å². The number of carbonyl (C=O) groups excluding carboxylic acids is 2. The molecule has 13 heteroatoms. The molecular formula is C20H25ClN6O5S. The number of sulfone groups is 1. The number of nitrogens with zero attached hydrogens (tertiary/aromatic N) is 3. The van der Waals surface area contributed by atoms with E-state index in [1.54, 1.807) is 12.1 Å². The van der Waals surface area contributed by atoms with Crippen LogP contribution in [0.1, 0.15) is 33.4 Å². The number of carbonyl (C=O) groups is 2. The maximum atomic E-state index is 12.0. The summed E-state index contributed by atoms with van der Waals surface area (Å²) in [6.07, 6.45) is 0.230. The molecule has 0 bridgehead atoms. The van der Waals surface area contributed by atoms with Gasteiger partial charge in [0.15, 0.2) is 21.3 Å². The summed E-state index contributed by atoms with van der Waals surface area (Å²) in [6, 6.07) is 4.77. The van der Waals surface area contributed by atoms with E-state index in [1.807, 2.05) is 20.8 Å². The van der Waals surface area contributed by atoms with Crippen LogP contribution in [-0.4, -0.2) is 58.8 Å². The molecule has 178 valence electrons. The number of hydrogen-bond donors (Lipinski definition) is 3. The Hall–Kier alpha value is -3.12. The van der Waals surface area contributed by atoms with Gasteiger partial charge in [-0.25, -0.2) is 13.2 Å². The maximum Gasteiger partial charge on any atom is 0.411 e. The fraction of sp³-hybridized carbons (Fsp3) is 0.400. The standard InChI is InChI=1S/C20H25ClN6O5S/c1-11(28)22-14-10-12(23-19(29)32-8-9-33(5,30)31)6-7-13(14)17-24-18-15(21)16(20(2,3)4)25-27(18)26-17/h6-7,10H,8-9H2,1-5H3,(H,22,28)(H,23,29)(H,24,26). The molecule has 3 aromatic rings. The molecule has 11 nitrogen and oxygen atoms in total. The molecule has 0 radical (unpaired) electrons. The summed E-state index contributed by atoms with van der Waals surface area (Å²) in [6.45, 7) is 7.06. The first-order chi connectivity index (χ1) is 15.2. The fourth-order valence-electron chi connectivity index (χ4n) is 2.96. The van der Waals surface area contributed by atoms with Gasteiger partial charge in [0.1, 0.15) is 11.6 Å². The third kappa shape index (κ3) is 6.02. The molecule has 0 aliphatic carbocycles. The van der Waals surface area contributed by atoms with Crippen molar-refractivity contribution in [3.8, 4) is 11.4 Å². The van der Waals surface area contributed by atoms with E-state index in [0.29, 0.717) is 39.1 Å². The molecule has 0 aliphatic heterocycles. The Morgan fingerprint density at radius 1 is 1.21 bits per heavy atom. The molecule has 2 amide bonds. The molecule has 3 N–H and O–H groups in total. The SMILES string of the molecule is CC(=O)Nc1cc(NC(=O)OCCS(C)(=O)=O)ccc1-c1nn2nc(C(C)(C)C)c(Cl)c2[nH]1. The van der Waals surface area contributed by atoms with Gasteiger partial charge in [-0.1, -0.05) is 32.4 Å². The van der Waals surface area contributed by atoms with Crippen molar-refractivity contribution in [1.29, 1.82) is 0 Å². The van der Waals surface area contributed by atoms with Gasteiger partial charge in [0.2, 0.25) is 5.91 Å². The molecule has 1 aromatic carbocycles. The number of aromatic amines is 1. The summed E-state index contributed by atoms with van der Waals surface area (Å²) in [5.41, 5.74) is 2.19. The predicted molar refractivity (Wildman–Crippen MR) is 125 cm³/mol. The van der Waals surface area contributed by atoms with E-state index in [1.165, 1.54) is 17.6 Å². The van der Waals surface area contributed by atoms with E-state index in [0.717, 1.165) is 6.26 Å². The van der Waals surface area contributed by atoms with E-state index < -0.39 is 15.9 Å². The number of aromatic nitrogens is 4. The summed E-state index contributed by atoms with van der Waals surface area (Å²) < 4.78 is 28.6. The minimum atomic E-state index is -3.25. The Balaban J connectivity index is 1.88. The van der Waals surface area contributed by atoms with Crippen molar-refractivity contribution in [2.75, 3.05) is 29.2 Å². The summed E-state index contributed by atoms with van der Waals surface area (Å²) in [7, 11) is -3.25. The largest absolute Gasteiger partial charge is 0.448 e. The van der Waals surface area contributed by atoms with Gasteiger partial charge in [-0.15, -0.1) is 9.73 Å². The highest BCUT2D eigenvalue weighted by atomic mass is 35.5. The number of rotatable bonds is 6. The van der Waals surface area contributed by atoms with Gasteiger partial charge < -0.3 is 15.0 Å². The molecule has 33 heavy (non-hydrogen) atoms. The van der Waals surface area contributed by atoms with Crippen LogP contribution in [0.3, 0.4) is 0 Å². The smallest absolute Gasteiger partial charge is 0.411 e. The molecular weight excluding hydrogens is 472 g/mol. The monoisotopic (exact) mass is 496 g/mol. The topological polar surface area (TPSA) is 148 Å². The second-order valence-corrected chi connectivity index (χ2v) is 11.2. The zero-order chi connectivity index (χ0) is 24.6. The quantitative estimate of drug-likeness (QED) is 0.474. The maximum absolute atomic E-state index is 12.0. The van der Waals surface area contributed by atoms with Gasteiger partial charge in [-0.2, -0.15) is 5.10 Å². The number of nitrogens with one attached hydrogen (secondary N) is 3. The number of hydrogen-bond acceptors (Lipinski definition) is 7. The van der Waals surface area contributed by atoms with Crippen molar-refractivity contribution < 1.29 is 22.7 Å². The number of anilines is 2. The molecule has 0 fully saturated rings. The van der Waals surface area contributed by atoms with Gasteiger partial charge in [0, 0.05) is 29.8 Å². The van der Waals surface area contributed by atoms with Crippen molar-refractivity contribution >= 4 is 50.5 Å². The number of fused-ring (bicyclic) bond motifs is 1. The van der Waals surface area contributed by atoms with Crippen molar-refractivity contribution in [3.05, 3.63) is 28.9 Å². The highest BCUT2D eigenvalue weighted by molar-refractivity contribution is 7.90. The normalized spacial score (nSPS) is 12.1. The van der Waals surface area contributed by atoms with Crippen molar-refractivity contribution in [2.45, 2.75) is 33.1 Å². The van der Waals surface area contributed by atoms with Gasteiger partial charge in [-0.3, -0.25) is 10.1 Å². The number of amides is 2. The van der Waals surface area contributed by atoms with Gasteiger partial charge >= 0.3 is 6.09 Å². The number of ether oxygens (including phenoxy) is 1. The van der Waals surface area contributed by atoms with Crippen LogP contribution in [-0.2, 0) is 24.8 Å². The molecule has 0 unspecified atom stereocenters. The zero-order valence-electron chi connectivity index (χ0n) is 18.8. The lowest BCUT2D eigenvalue weighted by Crippen LogP contribution is -2.19. The predicted octanol–water partition coefficient (Wildman–Crippen LogP) is 3.23. The van der Waals surface area contributed by atoms with Crippen molar-refractivity contribution in [1.82, 2.24) is 19.8 Å². The average molecular weight is 497 g/mol. The first-order valence-corrected chi connectivity index (χ1v) is 12.4. The Morgan fingerprint density at radius 2 is 1.91 bits per heavy atom. The van der Waals surface area contributed by atoms with Crippen LogP contribution in [0.15, 0.2) is 18.2 Å². The molecule has 2 heterocycles. The molecule has 0 aliphatic rings. The highest BCUT2D eigenvalue weighted by Crippen LogP contribution is 2.34. The molecule has 2 aromatic heterocycles. The molecule has 0 saturated heterocycles. The van der Waals surface area contributed by atoms with Crippen LogP contribution in [0.2, 0.25) is 5.02 Å². The van der Waals surface area contributed by atoms with Crippen molar-refractivity contribution in [3.63, 3.8) is 0 Å². The van der Waals surface area contributed by atoms with Crippen LogP contribution < -0.4 is 10.6 Å². The minimum absolute atomic E-state index is 0.267. The summed E-state index contributed by atoms with van der Waals surface area (Å²) in [5, 5.41) is 14.6. The molecule has 0 saturated carbocycles. The van der Waals surface area contributed by atoms with Crippen LogP contribution in [0.4, 0.5) is 16.2 Å². The van der Waals surface area contributed by atoms with Crippen molar-refractivity contribution in [2.24, 2.45) is 0 Å². The minimum Gasteiger partial charge on any atom is -0.448 e. The second kappa shape index (κ2) is 9.02.